The van der Waals surface area contributed by atoms with Crippen molar-refractivity contribution in [1.82, 2.24) is 10.2 Å². The van der Waals surface area contributed by atoms with Crippen LogP contribution in [0.15, 0.2) is 24.3 Å². The van der Waals surface area contributed by atoms with Crippen molar-refractivity contribution >= 4 is 11.8 Å². The second-order valence-corrected chi connectivity index (χ2v) is 9.26. The Bertz CT molecular complexity index is 692. The van der Waals surface area contributed by atoms with E-state index in [0.29, 0.717) is 18.9 Å². The Kier molecular flexibility index (Phi) is 6.79. The smallest absolute Gasteiger partial charge is 0.255 e. The molecular formula is C24H36N2O2. The van der Waals surface area contributed by atoms with E-state index in [-0.39, 0.29) is 17.9 Å². The summed E-state index contributed by atoms with van der Waals surface area (Å²) < 4.78 is 0. The van der Waals surface area contributed by atoms with Crippen LogP contribution >= 0.6 is 0 Å². The molecule has 1 fully saturated rings. The van der Waals surface area contributed by atoms with Crippen molar-refractivity contribution < 1.29 is 9.59 Å². The average molecular weight is 385 g/mol. The van der Waals surface area contributed by atoms with E-state index < -0.39 is 5.54 Å². The van der Waals surface area contributed by atoms with Gasteiger partial charge < -0.3 is 10.2 Å². The highest BCUT2D eigenvalue weighted by Gasteiger charge is 2.46. The van der Waals surface area contributed by atoms with Crippen molar-refractivity contribution in [3.63, 3.8) is 0 Å². The monoisotopic (exact) mass is 384 g/mol. The molecule has 0 saturated heterocycles. The van der Waals surface area contributed by atoms with Gasteiger partial charge in [-0.2, -0.15) is 0 Å². The van der Waals surface area contributed by atoms with Crippen LogP contribution in [0.3, 0.4) is 0 Å². The zero-order valence-corrected chi connectivity index (χ0v) is 17.8. The second-order valence-electron chi connectivity index (χ2n) is 9.26. The second kappa shape index (κ2) is 9.11. The minimum absolute atomic E-state index is 0.00202. The summed E-state index contributed by atoms with van der Waals surface area (Å²) >= 11 is 0. The summed E-state index contributed by atoms with van der Waals surface area (Å²) in [6.45, 7) is 6.90. The van der Waals surface area contributed by atoms with Crippen LogP contribution in [0.4, 0.5) is 0 Å². The summed E-state index contributed by atoms with van der Waals surface area (Å²) in [4.78, 5) is 28.6. The molecular weight excluding hydrogens is 348 g/mol. The van der Waals surface area contributed by atoms with Gasteiger partial charge >= 0.3 is 0 Å². The molecule has 154 valence electrons. The third-order valence-corrected chi connectivity index (χ3v) is 6.48. The SMILES string of the molecule is CC(C)CCN1C(=O)c2ccccc2CC1(C)C(=O)NC1CCCCCCC1. The summed E-state index contributed by atoms with van der Waals surface area (Å²) in [5.41, 5.74) is 0.925. The van der Waals surface area contributed by atoms with E-state index >= 15 is 0 Å². The van der Waals surface area contributed by atoms with Crippen molar-refractivity contribution in [2.75, 3.05) is 6.54 Å². The van der Waals surface area contributed by atoms with Gasteiger partial charge in [0.2, 0.25) is 5.91 Å². The fraction of sp³-hybridized carbons (Fsp3) is 0.667. The number of benzene rings is 1. The van der Waals surface area contributed by atoms with Gasteiger partial charge in [0.1, 0.15) is 5.54 Å². The van der Waals surface area contributed by atoms with Crippen LogP contribution in [-0.2, 0) is 11.2 Å². The minimum atomic E-state index is -0.817. The zero-order valence-electron chi connectivity index (χ0n) is 17.8. The number of rotatable bonds is 5. The van der Waals surface area contributed by atoms with Gasteiger partial charge in [0.15, 0.2) is 0 Å². The van der Waals surface area contributed by atoms with Crippen LogP contribution in [0.25, 0.3) is 0 Å². The molecule has 0 radical (unpaired) electrons. The molecule has 1 unspecified atom stereocenters. The first-order chi connectivity index (χ1) is 13.4. The van der Waals surface area contributed by atoms with Crippen LogP contribution in [0.5, 0.6) is 0 Å². The Morgan fingerprint density at radius 2 is 1.79 bits per heavy atom. The fourth-order valence-corrected chi connectivity index (χ4v) is 4.60. The Morgan fingerprint density at radius 3 is 2.46 bits per heavy atom. The fourth-order valence-electron chi connectivity index (χ4n) is 4.60. The lowest BCUT2D eigenvalue weighted by Crippen LogP contribution is -2.63. The van der Waals surface area contributed by atoms with Gasteiger partial charge in [0.05, 0.1) is 0 Å². The number of hydrogen-bond donors (Lipinski definition) is 1. The normalized spacial score (nSPS) is 23.9. The molecule has 28 heavy (non-hydrogen) atoms. The van der Waals surface area contributed by atoms with E-state index in [1.54, 1.807) is 0 Å². The predicted molar refractivity (Wildman–Crippen MR) is 113 cm³/mol. The molecule has 1 aliphatic carbocycles. The molecule has 1 aromatic carbocycles. The maximum Gasteiger partial charge on any atom is 0.255 e. The van der Waals surface area contributed by atoms with E-state index in [2.05, 4.69) is 19.2 Å². The molecule has 4 heteroatoms. The van der Waals surface area contributed by atoms with Crippen molar-refractivity contribution in [3.8, 4) is 0 Å². The molecule has 0 aromatic heterocycles. The number of nitrogens with zero attached hydrogens (tertiary/aromatic N) is 1. The predicted octanol–water partition coefficient (Wildman–Crippen LogP) is 4.72. The first-order valence-corrected chi connectivity index (χ1v) is 11.1. The minimum Gasteiger partial charge on any atom is -0.351 e. The third kappa shape index (κ3) is 4.59. The van der Waals surface area contributed by atoms with Crippen LogP contribution in [0.2, 0.25) is 0 Å². The third-order valence-electron chi connectivity index (χ3n) is 6.48. The Morgan fingerprint density at radius 1 is 1.14 bits per heavy atom. The standard InChI is InChI=1S/C24H36N2O2/c1-18(2)15-16-26-22(27)21-14-10-9-11-19(21)17-24(26,3)23(28)25-20-12-7-5-4-6-8-13-20/h9-11,14,18,20H,4-8,12-13,15-17H2,1-3H3,(H,25,28). The zero-order chi connectivity index (χ0) is 20.1. The summed E-state index contributed by atoms with van der Waals surface area (Å²) in [7, 11) is 0. The molecule has 0 bridgehead atoms. The van der Waals surface area contributed by atoms with Gasteiger partial charge in [-0.1, -0.05) is 64.2 Å². The van der Waals surface area contributed by atoms with E-state index in [1.807, 2.05) is 36.1 Å². The lowest BCUT2D eigenvalue weighted by Gasteiger charge is -2.45. The number of nitrogens with one attached hydrogen (secondary N) is 1. The number of fused-ring (bicyclic) bond motifs is 1. The van der Waals surface area contributed by atoms with Crippen molar-refractivity contribution in [2.24, 2.45) is 5.92 Å². The van der Waals surface area contributed by atoms with Crippen molar-refractivity contribution in [3.05, 3.63) is 35.4 Å². The van der Waals surface area contributed by atoms with Gasteiger partial charge in [-0.3, -0.25) is 9.59 Å². The van der Waals surface area contributed by atoms with Crippen molar-refractivity contribution in [1.29, 1.82) is 0 Å². The summed E-state index contributed by atoms with van der Waals surface area (Å²) in [5, 5.41) is 3.33. The maximum atomic E-state index is 13.5. The topological polar surface area (TPSA) is 49.4 Å². The van der Waals surface area contributed by atoms with Crippen molar-refractivity contribution in [2.45, 2.75) is 90.1 Å². The number of amides is 2. The van der Waals surface area contributed by atoms with Gasteiger partial charge in [-0.15, -0.1) is 0 Å². The van der Waals surface area contributed by atoms with E-state index in [1.165, 1.54) is 32.1 Å². The molecule has 0 spiro atoms. The highest BCUT2D eigenvalue weighted by atomic mass is 16.2. The van der Waals surface area contributed by atoms with Crippen LogP contribution < -0.4 is 5.32 Å². The summed E-state index contributed by atoms with van der Waals surface area (Å²) in [6, 6.07) is 8.00. The Labute approximate surface area is 170 Å². The van der Waals surface area contributed by atoms with E-state index in [0.717, 1.165) is 30.4 Å². The largest absolute Gasteiger partial charge is 0.351 e. The van der Waals surface area contributed by atoms with Crippen LogP contribution in [0.1, 0.15) is 88.1 Å². The summed E-state index contributed by atoms with van der Waals surface area (Å²) in [6.07, 6.45) is 9.79. The maximum absolute atomic E-state index is 13.5. The molecule has 2 aliphatic rings. The van der Waals surface area contributed by atoms with Crippen LogP contribution in [0, 0.1) is 5.92 Å². The molecule has 1 aliphatic heterocycles. The van der Waals surface area contributed by atoms with E-state index in [4.69, 9.17) is 0 Å². The molecule has 1 heterocycles. The number of carbonyl (C=O) groups is 2. The summed E-state index contributed by atoms with van der Waals surface area (Å²) in [5.74, 6) is 0.505. The quantitative estimate of drug-likeness (QED) is 0.799. The molecule has 2 amide bonds. The lowest BCUT2D eigenvalue weighted by molar-refractivity contribution is -0.132. The molecule has 1 saturated carbocycles. The lowest BCUT2D eigenvalue weighted by atomic mass is 9.82. The highest BCUT2D eigenvalue weighted by molar-refractivity contribution is 6.02. The number of hydrogen-bond acceptors (Lipinski definition) is 2. The van der Waals surface area contributed by atoms with Gasteiger partial charge in [-0.05, 0) is 43.7 Å². The van der Waals surface area contributed by atoms with E-state index in [9.17, 15) is 9.59 Å². The molecule has 1 N–H and O–H groups in total. The first-order valence-electron chi connectivity index (χ1n) is 11.1. The Hall–Kier alpha value is -1.84. The van der Waals surface area contributed by atoms with Crippen LogP contribution in [-0.4, -0.2) is 34.8 Å². The molecule has 1 atom stereocenters. The molecule has 4 nitrogen and oxygen atoms in total. The number of carbonyl (C=O) groups excluding carboxylic acids is 2. The van der Waals surface area contributed by atoms with Gasteiger partial charge in [0.25, 0.3) is 5.91 Å². The molecule has 1 aromatic rings. The Balaban J connectivity index is 1.83. The molecule has 3 rings (SSSR count). The highest BCUT2D eigenvalue weighted by Crippen LogP contribution is 2.32. The van der Waals surface area contributed by atoms with Gasteiger partial charge in [0, 0.05) is 24.6 Å². The van der Waals surface area contributed by atoms with Gasteiger partial charge in [-0.25, -0.2) is 0 Å². The average Bonchev–Trinajstić information content (AvgIpc) is 2.63. The first kappa shape index (κ1) is 20.9.